The number of anilines is 2. The van der Waals surface area contributed by atoms with Gasteiger partial charge >= 0.3 is 0 Å². The standard InChI is InChI=1S/C13H17N3O2S/c1-16(8-9-19(2,17)18)12-6-5-11-10(13(12)14)4-3-7-15-11/h3-7H,8-9,14H2,1-2H3. The number of fused-ring (bicyclic) bond motifs is 1. The van der Waals surface area contributed by atoms with E-state index in [1.807, 2.05) is 36.2 Å². The Morgan fingerprint density at radius 3 is 2.74 bits per heavy atom. The first-order valence-electron chi connectivity index (χ1n) is 5.90. The predicted octanol–water partition coefficient (Wildman–Crippen LogP) is 1.30. The number of nitrogen functional groups attached to an aromatic ring is 1. The van der Waals surface area contributed by atoms with Crippen LogP contribution in [0, 0.1) is 0 Å². The van der Waals surface area contributed by atoms with Crippen molar-refractivity contribution >= 4 is 32.1 Å². The fraction of sp³-hybridized carbons (Fsp3) is 0.308. The van der Waals surface area contributed by atoms with Crippen LogP contribution in [0.5, 0.6) is 0 Å². The van der Waals surface area contributed by atoms with Gasteiger partial charge in [0.25, 0.3) is 0 Å². The summed E-state index contributed by atoms with van der Waals surface area (Å²) in [7, 11) is -1.14. The van der Waals surface area contributed by atoms with Crippen molar-refractivity contribution in [3.63, 3.8) is 0 Å². The van der Waals surface area contributed by atoms with Crippen molar-refractivity contribution in [1.29, 1.82) is 0 Å². The molecule has 1 heterocycles. The van der Waals surface area contributed by atoms with Gasteiger partial charge in [0.05, 0.1) is 22.6 Å². The molecule has 0 aliphatic rings. The minimum absolute atomic E-state index is 0.105. The third-order valence-electron chi connectivity index (χ3n) is 3.01. The van der Waals surface area contributed by atoms with Crippen LogP contribution >= 0.6 is 0 Å². The summed E-state index contributed by atoms with van der Waals surface area (Å²) in [5.41, 5.74) is 8.41. The molecule has 0 atom stereocenters. The van der Waals surface area contributed by atoms with Crippen LogP contribution < -0.4 is 10.6 Å². The van der Waals surface area contributed by atoms with Crippen molar-refractivity contribution in [3.8, 4) is 0 Å². The molecule has 0 unspecified atom stereocenters. The number of sulfone groups is 1. The van der Waals surface area contributed by atoms with Gasteiger partial charge in [-0.1, -0.05) is 0 Å². The van der Waals surface area contributed by atoms with E-state index in [1.165, 1.54) is 6.26 Å². The first-order valence-corrected chi connectivity index (χ1v) is 7.96. The third-order valence-corrected chi connectivity index (χ3v) is 3.94. The Balaban J connectivity index is 2.32. The summed E-state index contributed by atoms with van der Waals surface area (Å²) in [6.07, 6.45) is 2.95. The molecule has 1 aromatic heterocycles. The lowest BCUT2D eigenvalue weighted by Crippen LogP contribution is -2.25. The molecule has 2 aromatic rings. The fourth-order valence-electron chi connectivity index (χ4n) is 1.92. The highest BCUT2D eigenvalue weighted by atomic mass is 32.2. The van der Waals surface area contributed by atoms with Gasteiger partial charge in [0.1, 0.15) is 9.84 Å². The van der Waals surface area contributed by atoms with E-state index in [4.69, 9.17) is 5.73 Å². The van der Waals surface area contributed by atoms with E-state index in [0.717, 1.165) is 16.6 Å². The lowest BCUT2D eigenvalue weighted by molar-refractivity contribution is 0.601. The Morgan fingerprint density at radius 1 is 1.32 bits per heavy atom. The SMILES string of the molecule is CN(CCS(C)(=O)=O)c1ccc2ncccc2c1N. The fourth-order valence-corrected chi connectivity index (χ4v) is 2.53. The zero-order valence-corrected chi connectivity index (χ0v) is 11.8. The van der Waals surface area contributed by atoms with Crippen LogP contribution in [0.3, 0.4) is 0 Å². The molecule has 0 saturated heterocycles. The summed E-state index contributed by atoms with van der Waals surface area (Å²) in [6, 6.07) is 7.50. The number of aromatic nitrogens is 1. The zero-order valence-electron chi connectivity index (χ0n) is 11.0. The Morgan fingerprint density at radius 2 is 2.05 bits per heavy atom. The molecule has 19 heavy (non-hydrogen) atoms. The Labute approximate surface area is 113 Å². The topological polar surface area (TPSA) is 76.3 Å². The van der Waals surface area contributed by atoms with Gasteiger partial charge in [0.2, 0.25) is 0 Å². The highest BCUT2D eigenvalue weighted by Crippen LogP contribution is 2.29. The second-order valence-electron chi connectivity index (χ2n) is 4.62. The molecular weight excluding hydrogens is 262 g/mol. The zero-order chi connectivity index (χ0) is 14.0. The molecule has 2 rings (SSSR count). The van der Waals surface area contributed by atoms with Crippen molar-refractivity contribution in [2.75, 3.05) is 36.2 Å². The van der Waals surface area contributed by atoms with Gasteiger partial charge in [-0.05, 0) is 24.3 Å². The summed E-state index contributed by atoms with van der Waals surface area (Å²) in [5.74, 6) is 0.105. The van der Waals surface area contributed by atoms with Gasteiger partial charge in [-0.2, -0.15) is 0 Å². The van der Waals surface area contributed by atoms with Crippen molar-refractivity contribution in [2.45, 2.75) is 0 Å². The number of pyridine rings is 1. The molecule has 0 saturated carbocycles. The maximum atomic E-state index is 11.2. The average Bonchev–Trinajstić information content (AvgIpc) is 2.36. The molecule has 0 bridgehead atoms. The molecular formula is C13H17N3O2S. The van der Waals surface area contributed by atoms with Crippen molar-refractivity contribution in [3.05, 3.63) is 30.5 Å². The lowest BCUT2D eigenvalue weighted by atomic mass is 10.1. The summed E-state index contributed by atoms with van der Waals surface area (Å²) in [6.45, 7) is 0.412. The molecule has 0 fully saturated rings. The Bertz CT molecular complexity index is 698. The number of nitrogens with zero attached hydrogens (tertiary/aromatic N) is 2. The number of hydrogen-bond acceptors (Lipinski definition) is 5. The lowest BCUT2D eigenvalue weighted by Gasteiger charge is -2.21. The first kappa shape index (κ1) is 13.6. The number of benzene rings is 1. The van der Waals surface area contributed by atoms with E-state index in [2.05, 4.69) is 4.98 Å². The molecule has 2 N–H and O–H groups in total. The molecule has 102 valence electrons. The van der Waals surface area contributed by atoms with Gasteiger partial charge < -0.3 is 10.6 Å². The molecule has 0 aliphatic heterocycles. The van der Waals surface area contributed by atoms with Crippen LogP contribution in [0.1, 0.15) is 0 Å². The monoisotopic (exact) mass is 279 g/mol. The second kappa shape index (κ2) is 5.05. The highest BCUT2D eigenvalue weighted by Gasteiger charge is 2.11. The van der Waals surface area contributed by atoms with Crippen LogP contribution in [-0.4, -0.2) is 39.0 Å². The maximum Gasteiger partial charge on any atom is 0.149 e. The summed E-state index contributed by atoms with van der Waals surface area (Å²) >= 11 is 0. The van der Waals surface area contributed by atoms with Crippen LogP contribution in [0.25, 0.3) is 10.9 Å². The van der Waals surface area contributed by atoms with Crippen molar-refractivity contribution < 1.29 is 8.42 Å². The van der Waals surface area contributed by atoms with Crippen molar-refractivity contribution in [1.82, 2.24) is 4.98 Å². The molecule has 0 aliphatic carbocycles. The van der Waals surface area contributed by atoms with E-state index < -0.39 is 9.84 Å². The normalized spacial score (nSPS) is 11.7. The van der Waals surface area contributed by atoms with E-state index in [0.29, 0.717) is 12.2 Å². The van der Waals surface area contributed by atoms with E-state index in [1.54, 1.807) is 6.20 Å². The Hall–Kier alpha value is -1.82. The minimum atomic E-state index is -2.98. The van der Waals surface area contributed by atoms with Crippen LogP contribution in [0.15, 0.2) is 30.5 Å². The second-order valence-corrected chi connectivity index (χ2v) is 6.88. The molecule has 0 amide bonds. The van der Waals surface area contributed by atoms with E-state index in [9.17, 15) is 8.42 Å². The van der Waals surface area contributed by atoms with E-state index >= 15 is 0 Å². The molecule has 0 spiro atoms. The predicted molar refractivity (Wildman–Crippen MR) is 79.1 cm³/mol. The van der Waals surface area contributed by atoms with Gasteiger partial charge in [0, 0.05) is 31.4 Å². The highest BCUT2D eigenvalue weighted by molar-refractivity contribution is 7.90. The number of nitrogens with two attached hydrogens (primary N) is 1. The third kappa shape index (κ3) is 3.14. The van der Waals surface area contributed by atoms with Gasteiger partial charge in [-0.15, -0.1) is 0 Å². The maximum absolute atomic E-state index is 11.2. The van der Waals surface area contributed by atoms with Gasteiger partial charge in [0.15, 0.2) is 0 Å². The summed E-state index contributed by atoms with van der Waals surface area (Å²) in [5, 5.41) is 0.881. The minimum Gasteiger partial charge on any atom is -0.396 e. The summed E-state index contributed by atoms with van der Waals surface area (Å²) < 4.78 is 22.4. The van der Waals surface area contributed by atoms with Crippen LogP contribution in [0.4, 0.5) is 11.4 Å². The average molecular weight is 279 g/mol. The first-order chi connectivity index (χ1) is 8.88. The van der Waals surface area contributed by atoms with Crippen LogP contribution in [-0.2, 0) is 9.84 Å². The van der Waals surface area contributed by atoms with E-state index in [-0.39, 0.29) is 5.75 Å². The Kier molecular flexibility index (Phi) is 3.61. The summed E-state index contributed by atoms with van der Waals surface area (Å²) in [4.78, 5) is 6.08. The van der Waals surface area contributed by atoms with Crippen LogP contribution in [0.2, 0.25) is 0 Å². The smallest absolute Gasteiger partial charge is 0.149 e. The quantitative estimate of drug-likeness (QED) is 0.854. The van der Waals surface area contributed by atoms with Crippen molar-refractivity contribution in [2.24, 2.45) is 0 Å². The molecule has 5 nitrogen and oxygen atoms in total. The van der Waals surface area contributed by atoms with Gasteiger partial charge in [-0.25, -0.2) is 8.42 Å². The number of hydrogen-bond donors (Lipinski definition) is 1. The molecule has 6 heteroatoms. The molecule has 1 aromatic carbocycles. The van der Waals surface area contributed by atoms with Gasteiger partial charge in [-0.3, -0.25) is 4.98 Å². The molecule has 0 radical (unpaired) electrons. The number of rotatable bonds is 4. The largest absolute Gasteiger partial charge is 0.396 e.